The predicted octanol–water partition coefficient (Wildman–Crippen LogP) is 3.71. The van der Waals surface area contributed by atoms with Crippen LogP contribution in [0.1, 0.15) is 60.8 Å². The highest BCUT2D eigenvalue weighted by Gasteiger charge is 2.72. The van der Waals surface area contributed by atoms with E-state index in [0.29, 0.717) is 12.3 Å². The molecule has 0 aromatic heterocycles. The summed E-state index contributed by atoms with van der Waals surface area (Å²) in [4.78, 5) is 14.7. The fourth-order valence-electron chi connectivity index (χ4n) is 5.36. The highest BCUT2D eigenvalue weighted by molar-refractivity contribution is 5.70. The molecule has 2 saturated carbocycles. The van der Waals surface area contributed by atoms with Gasteiger partial charge in [0.25, 0.3) is 0 Å². The summed E-state index contributed by atoms with van der Waals surface area (Å²) in [6, 6.07) is -0.0550. The van der Waals surface area contributed by atoms with Gasteiger partial charge in [-0.25, -0.2) is 4.79 Å². The molecule has 3 aliphatic rings. The highest BCUT2D eigenvalue weighted by atomic mass is 16.6. The molecule has 1 saturated heterocycles. The van der Waals surface area contributed by atoms with Crippen LogP contribution in [0.3, 0.4) is 0 Å². The summed E-state index contributed by atoms with van der Waals surface area (Å²) in [7, 11) is 0. The monoisotopic (exact) mass is 351 g/mol. The Bertz CT molecular complexity index is 567. The van der Waals surface area contributed by atoms with Crippen molar-refractivity contribution in [2.24, 2.45) is 16.7 Å². The van der Waals surface area contributed by atoms with Gasteiger partial charge in [-0.15, -0.1) is 6.58 Å². The molecule has 2 aliphatic carbocycles. The summed E-state index contributed by atoms with van der Waals surface area (Å²) < 4.78 is 12.0. The summed E-state index contributed by atoms with van der Waals surface area (Å²) >= 11 is 0. The van der Waals surface area contributed by atoms with Crippen LogP contribution in [0, 0.1) is 16.7 Å². The Labute approximate surface area is 151 Å². The summed E-state index contributed by atoms with van der Waals surface area (Å²) in [6.45, 7) is 16.1. The van der Waals surface area contributed by atoms with Crippen LogP contribution in [-0.4, -0.2) is 46.2 Å². The molecular formula is C20H33NO4. The number of hydrogen-bond acceptors (Lipinski definition) is 4. The standard InChI is InChI=1S/C20H33NO4/c1-8-9-13(22)16-21(17(23)25-18(2,3)4)15-14(24-16)12-10-11-20(15,7)19(12,5)6/h8,12-16,22H,1,9-11H2,2-7H3/t12-,13+,14-,15-,16+,20+/m1/s1. The molecule has 1 aliphatic heterocycles. The minimum atomic E-state index is -0.790. The molecule has 1 amide bonds. The Balaban J connectivity index is 1.97. The molecule has 25 heavy (non-hydrogen) atoms. The number of fused-ring (bicyclic) bond motifs is 5. The van der Waals surface area contributed by atoms with Crippen molar-refractivity contribution in [2.45, 2.75) is 90.9 Å². The van der Waals surface area contributed by atoms with Gasteiger partial charge in [-0.2, -0.15) is 0 Å². The third-order valence-corrected chi connectivity index (χ3v) is 6.95. The highest BCUT2D eigenvalue weighted by Crippen LogP contribution is 2.69. The number of hydrogen-bond donors (Lipinski definition) is 1. The van der Waals surface area contributed by atoms with Gasteiger partial charge >= 0.3 is 6.09 Å². The zero-order chi connectivity index (χ0) is 18.8. The fourth-order valence-corrected chi connectivity index (χ4v) is 5.36. The van der Waals surface area contributed by atoms with E-state index in [4.69, 9.17) is 9.47 Å². The van der Waals surface area contributed by atoms with E-state index < -0.39 is 24.0 Å². The normalized spacial score (nSPS) is 40.0. The number of aliphatic hydroxyl groups is 1. The van der Waals surface area contributed by atoms with E-state index in [1.54, 1.807) is 11.0 Å². The maximum Gasteiger partial charge on any atom is 0.412 e. The Morgan fingerprint density at radius 2 is 2.08 bits per heavy atom. The molecule has 0 aromatic carbocycles. The number of carbonyl (C=O) groups excluding carboxylic acids is 1. The van der Waals surface area contributed by atoms with E-state index in [1.165, 1.54) is 0 Å². The van der Waals surface area contributed by atoms with Crippen LogP contribution in [0.4, 0.5) is 4.79 Å². The largest absolute Gasteiger partial charge is 0.444 e. The first kappa shape index (κ1) is 18.7. The molecule has 142 valence electrons. The molecule has 6 atom stereocenters. The maximum absolute atomic E-state index is 13.0. The molecule has 0 aromatic rings. The number of aliphatic hydroxyl groups excluding tert-OH is 1. The number of rotatable bonds is 3. The second-order valence-corrected chi connectivity index (χ2v) is 9.70. The van der Waals surface area contributed by atoms with Gasteiger partial charge in [0.1, 0.15) is 11.7 Å². The van der Waals surface area contributed by atoms with E-state index in [9.17, 15) is 9.90 Å². The molecule has 1 heterocycles. The van der Waals surface area contributed by atoms with E-state index in [0.717, 1.165) is 12.8 Å². The van der Waals surface area contributed by atoms with Gasteiger partial charge in [0.2, 0.25) is 0 Å². The molecule has 5 nitrogen and oxygen atoms in total. The molecule has 0 unspecified atom stereocenters. The van der Waals surface area contributed by atoms with Crippen molar-refractivity contribution in [3.8, 4) is 0 Å². The average molecular weight is 351 g/mol. The molecule has 0 spiro atoms. The lowest BCUT2D eigenvalue weighted by Crippen LogP contribution is -2.55. The molecule has 1 N–H and O–H groups in total. The molecule has 2 bridgehead atoms. The Kier molecular flexibility index (Phi) is 4.28. The third kappa shape index (κ3) is 2.62. The molecule has 0 radical (unpaired) electrons. The first-order valence-corrected chi connectivity index (χ1v) is 9.40. The zero-order valence-corrected chi connectivity index (χ0v) is 16.4. The van der Waals surface area contributed by atoms with Gasteiger partial charge in [-0.05, 0) is 56.8 Å². The van der Waals surface area contributed by atoms with Gasteiger partial charge in [-0.3, -0.25) is 4.90 Å². The summed E-state index contributed by atoms with van der Waals surface area (Å²) in [5.41, 5.74) is -0.532. The number of amides is 1. The minimum absolute atomic E-state index is 0.0364. The number of ether oxygens (including phenoxy) is 2. The Morgan fingerprint density at radius 3 is 2.64 bits per heavy atom. The molecule has 3 fully saturated rings. The quantitative estimate of drug-likeness (QED) is 0.788. The van der Waals surface area contributed by atoms with Crippen molar-refractivity contribution in [2.75, 3.05) is 0 Å². The molecule has 3 rings (SSSR count). The Morgan fingerprint density at radius 1 is 1.44 bits per heavy atom. The first-order valence-electron chi connectivity index (χ1n) is 9.40. The molecular weight excluding hydrogens is 318 g/mol. The van der Waals surface area contributed by atoms with Crippen LogP contribution < -0.4 is 0 Å². The van der Waals surface area contributed by atoms with E-state index in [-0.39, 0.29) is 23.0 Å². The minimum Gasteiger partial charge on any atom is -0.444 e. The van der Waals surface area contributed by atoms with Crippen LogP contribution in [0.2, 0.25) is 0 Å². The van der Waals surface area contributed by atoms with Crippen molar-refractivity contribution in [1.29, 1.82) is 0 Å². The lowest BCUT2D eigenvalue weighted by molar-refractivity contribution is -0.103. The van der Waals surface area contributed by atoms with Crippen LogP contribution in [0.25, 0.3) is 0 Å². The predicted molar refractivity (Wildman–Crippen MR) is 96.0 cm³/mol. The van der Waals surface area contributed by atoms with Gasteiger partial charge in [0, 0.05) is 0 Å². The average Bonchev–Trinajstić information content (AvgIpc) is 3.00. The fraction of sp³-hybridized carbons (Fsp3) is 0.850. The van der Waals surface area contributed by atoms with Crippen molar-refractivity contribution in [3.63, 3.8) is 0 Å². The van der Waals surface area contributed by atoms with E-state index >= 15 is 0 Å². The number of nitrogens with zero attached hydrogens (tertiary/aromatic N) is 1. The van der Waals surface area contributed by atoms with Crippen LogP contribution >= 0.6 is 0 Å². The summed E-state index contributed by atoms with van der Waals surface area (Å²) in [5.74, 6) is 0.397. The lowest BCUT2D eigenvalue weighted by Gasteiger charge is -2.43. The van der Waals surface area contributed by atoms with Gasteiger partial charge in [-0.1, -0.05) is 26.8 Å². The van der Waals surface area contributed by atoms with Crippen LogP contribution in [-0.2, 0) is 9.47 Å². The van der Waals surface area contributed by atoms with Gasteiger partial charge in [0.15, 0.2) is 6.23 Å². The van der Waals surface area contributed by atoms with Crippen molar-refractivity contribution < 1.29 is 19.4 Å². The van der Waals surface area contributed by atoms with Crippen LogP contribution in [0.5, 0.6) is 0 Å². The van der Waals surface area contributed by atoms with Crippen molar-refractivity contribution in [1.82, 2.24) is 4.90 Å². The maximum atomic E-state index is 13.0. The first-order chi connectivity index (χ1) is 11.4. The molecule has 5 heteroatoms. The second kappa shape index (κ2) is 5.71. The zero-order valence-electron chi connectivity index (χ0n) is 16.4. The van der Waals surface area contributed by atoms with Crippen LogP contribution in [0.15, 0.2) is 12.7 Å². The number of carbonyl (C=O) groups is 1. The van der Waals surface area contributed by atoms with Gasteiger partial charge in [0.05, 0.1) is 12.1 Å². The SMILES string of the molecule is C=CC[C@H](O)[C@@H]1O[C@@H]2[C@H]3CC[C@@](C)([C@@H]2N1C(=O)OC(C)(C)C)C3(C)C. The Hall–Kier alpha value is -1.07. The smallest absolute Gasteiger partial charge is 0.412 e. The summed E-state index contributed by atoms with van der Waals surface area (Å²) in [5, 5.41) is 10.6. The second-order valence-electron chi connectivity index (χ2n) is 9.70. The topological polar surface area (TPSA) is 59.0 Å². The van der Waals surface area contributed by atoms with E-state index in [2.05, 4.69) is 27.4 Å². The van der Waals surface area contributed by atoms with Crippen molar-refractivity contribution in [3.05, 3.63) is 12.7 Å². The van der Waals surface area contributed by atoms with Crippen molar-refractivity contribution >= 4 is 6.09 Å². The van der Waals surface area contributed by atoms with E-state index in [1.807, 2.05) is 20.8 Å². The lowest BCUT2D eigenvalue weighted by atomic mass is 9.69. The van der Waals surface area contributed by atoms with Gasteiger partial charge < -0.3 is 14.6 Å². The summed E-state index contributed by atoms with van der Waals surface area (Å²) in [6.07, 6.45) is 2.34. The third-order valence-electron chi connectivity index (χ3n) is 6.95.